The molecule has 0 aliphatic rings. The van der Waals surface area contributed by atoms with Gasteiger partial charge >= 0.3 is 0 Å². The van der Waals surface area contributed by atoms with Crippen molar-refractivity contribution in [2.24, 2.45) is 0 Å². The first-order chi connectivity index (χ1) is 7.61. The second-order valence-electron chi connectivity index (χ2n) is 3.10. The van der Waals surface area contributed by atoms with Crippen LogP contribution in [-0.2, 0) is 0 Å². The lowest BCUT2D eigenvalue weighted by molar-refractivity contribution is 0.329. The van der Waals surface area contributed by atoms with Crippen molar-refractivity contribution >= 4 is 48.7 Å². The molecule has 0 aliphatic carbocycles. The van der Waals surface area contributed by atoms with Crippen molar-refractivity contribution in [3.8, 4) is 5.88 Å². The van der Waals surface area contributed by atoms with Gasteiger partial charge in [-0.15, -0.1) is 0 Å². The fourth-order valence-electron chi connectivity index (χ4n) is 1.29. The molecule has 1 aromatic carbocycles. The normalized spacial score (nSPS) is 10.7. The summed E-state index contributed by atoms with van der Waals surface area (Å²) in [6.07, 6.45) is 0. The van der Waals surface area contributed by atoms with Crippen molar-refractivity contribution in [2.75, 3.05) is 12.3 Å². The summed E-state index contributed by atoms with van der Waals surface area (Å²) >= 11 is 6.82. The lowest BCUT2D eigenvalue weighted by Crippen LogP contribution is -2.02. The van der Waals surface area contributed by atoms with Gasteiger partial charge in [0.05, 0.1) is 17.6 Å². The first-order valence-corrected chi connectivity index (χ1v) is 6.25. The van der Waals surface area contributed by atoms with E-state index in [-0.39, 0.29) is 0 Å². The number of aromatic nitrogens is 2. The van der Waals surface area contributed by atoms with Gasteiger partial charge < -0.3 is 10.5 Å². The van der Waals surface area contributed by atoms with Crippen molar-refractivity contribution in [1.29, 1.82) is 0 Å². The van der Waals surface area contributed by atoms with E-state index in [2.05, 4.69) is 41.8 Å². The second kappa shape index (κ2) is 4.55. The largest absolute Gasteiger partial charge is 0.475 e. The minimum absolute atomic E-state index is 0.309. The molecule has 0 atom stereocenters. The molecule has 4 nitrogen and oxygen atoms in total. The number of nitrogen functional groups attached to an aromatic ring is 1. The molecular formula is C10H9Br2N3O. The first kappa shape index (κ1) is 11.6. The molecule has 0 aliphatic heterocycles. The highest BCUT2D eigenvalue weighted by Gasteiger charge is 2.08. The van der Waals surface area contributed by atoms with Gasteiger partial charge in [0.25, 0.3) is 5.88 Å². The lowest BCUT2D eigenvalue weighted by atomic mass is 10.3. The standard InChI is InChI=1S/C10H9Br2N3O/c1-2-16-10-9(13)14-7-3-5(11)6(12)4-8(7)15-10/h3-4H,2H2,1H3,(H2,13,14). The van der Waals surface area contributed by atoms with Crippen molar-refractivity contribution in [1.82, 2.24) is 9.97 Å². The Morgan fingerprint density at radius 2 is 1.75 bits per heavy atom. The molecular weight excluding hydrogens is 338 g/mol. The van der Waals surface area contributed by atoms with Crippen LogP contribution in [-0.4, -0.2) is 16.6 Å². The summed E-state index contributed by atoms with van der Waals surface area (Å²) in [5, 5.41) is 0. The van der Waals surface area contributed by atoms with Crippen molar-refractivity contribution in [3.63, 3.8) is 0 Å². The van der Waals surface area contributed by atoms with E-state index in [1.165, 1.54) is 0 Å². The predicted octanol–water partition coefficient (Wildman–Crippen LogP) is 3.14. The van der Waals surface area contributed by atoms with Crippen LogP contribution >= 0.6 is 31.9 Å². The average molecular weight is 347 g/mol. The van der Waals surface area contributed by atoms with Crippen LogP contribution in [0, 0.1) is 0 Å². The third kappa shape index (κ3) is 2.12. The summed E-state index contributed by atoms with van der Waals surface area (Å²) in [5.74, 6) is 0.688. The van der Waals surface area contributed by atoms with Gasteiger partial charge in [-0.1, -0.05) is 0 Å². The Bertz CT molecular complexity index is 545. The summed E-state index contributed by atoms with van der Waals surface area (Å²) in [6.45, 7) is 2.39. The molecule has 1 heterocycles. The molecule has 0 saturated heterocycles. The number of hydrogen-bond acceptors (Lipinski definition) is 4. The van der Waals surface area contributed by atoms with Gasteiger partial charge in [0.1, 0.15) is 0 Å². The Morgan fingerprint density at radius 3 is 2.31 bits per heavy atom. The van der Waals surface area contributed by atoms with Gasteiger partial charge in [-0.3, -0.25) is 0 Å². The molecule has 2 rings (SSSR count). The molecule has 0 unspecified atom stereocenters. The smallest absolute Gasteiger partial charge is 0.257 e. The van der Waals surface area contributed by atoms with Gasteiger partial charge in [0.2, 0.25) is 0 Å². The van der Waals surface area contributed by atoms with Gasteiger partial charge in [-0.2, -0.15) is 0 Å². The number of fused-ring (bicyclic) bond motifs is 1. The molecule has 2 aromatic rings. The molecule has 0 bridgehead atoms. The maximum atomic E-state index is 5.74. The van der Waals surface area contributed by atoms with Crippen LogP contribution < -0.4 is 10.5 Å². The van der Waals surface area contributed by atoms with E-state index in [4.69, 9.17) is 10.5 Å². The zero-order chi connectivity index (χ0) is 11.7. The number of benzene rings is 1. The Labute approximate surface area is 109 Å². The zero-order valence-electron chi connectivity index (χ0n) is 8.50. The summed E-state index contributed by atoms with van der Waals surface area (Å²) in [4.78, 5) is 8.54. The quantitative estimate of drug-likeness (QED) is 0.907. The molecule has 0 spiro atoms. The molecule has 0 fully saturated rings. The van der Waals surface area contributed by atoms with Crippen LogP contribution in [0.4, 0.5) is 5.82 Å². The van der Waals surface area contributed by atoms with Crippen LogP contribution in [0.5, 0.6) is 5.88 Å². The maximum Gasteiger partial charge on any atom is 0.257 e. The number of halogens is 2. The Hall–Kier alpha value is -0.880. The van der Waals surface area contributed by atoms with E-state index in [0.29, 0.717) is 18.3 Å². The van der Waals surface area contributed by atoms with Crippen LogP contribution in [0.15, 0.2) is 21.1 Å². The molecule has 84 valence electrons. The third-order valence-corrected chi connectivity index (χ3v) is 3.82. The van der Waals surface area contributed by atoms with Gasteiger partial charge in [0, 0.05) is 8.95 Å². The van der Waals surface area contributed by atoms with E-state index >= 15 is 0 Å². The summed E-state index contributed by atoms with van der Waals surface area (Å²) in [7, 11) is 0. The van der Waals surface area contributed by atoms with Crippen molar-refractivity contribution in [3.05, 3.63) is 21.1 Å². The van der Waals surface area contributed by atoms with Crippen molar-refractivity contribution in [2.45, 2.75) is 6.92 Å². The predicted molar refractivity (Wildman–Crippen MR) is 70.5 cm³/mol. The average Bonchev–Trinajstić information content (AvgIpc) is 2.23. The molecule has 2 N–H and O–H groups in total. The third-order valence-electron chi connectivity index (χ3n) is 1.98. The van der Waals surface area contributed by atoms with E-state index in [1.54, 1.807) is 0 Å². The van der Waals surface area contributed by atoms with E-state index < -0.39 is 0 Å². The highest BCUT2D eigenvalue weighted by atomic mass is 79.9. The minimum Gasteiger partial charge on any atom is -0.475 e. The van der Waals surface area contributed by atoms with Gasteiger partial charge in [-0.05, 0) is 50.9 Å². The summed E-state index contributed by atoms with van der Waals surface area (Å²) in [6, 6.07) is 3.73. The summed E-state index contributed by atoms with van der Waals surface area (Å²) < 4.78 is 7.12. The molecule has 16 heavy (non-hydrogen) atoms. The van der Waals surface area contributed by atoms with Crippen LogP contribution in [0.1, 0.15) is 6.92 Å². The highest BCUT2D eigenvalue weighted by Crippen LogP contribution is 2.29. The van der Waals surface area contributed by atoms with E-state index in [1.807, 2.05) is 19.1 Å². The number of anilines is 1. The lowest BCUT2D eigenvalue weighted by Gasteiger charge is -2.07. The van der Waals surface area contributed by atoms with Gasteiger partial charge in [-0.25, -0.2) is 9.97 Å². The van der Waals surface area contributed by atoms with Crippen LogP contribution in [0.25, 0.3) is 11.0 Å². The molecule has 0 amide bonds. The monoisotopic (exact) mass is 345 g/mol. The van der Waals surface area contributed by atoms with Crippen molar-refractivity contribution < 1.29 is 4.74 Å². The van der Waals surface area contributed by atoms with E-state index in [9.17, 15) is 0 Å². The highest BCUT2D eigenvalue weighted by molar-refractivity contribution is 9.13. The second-order valence-corrected chi connectivity index (χ2v) is 4.81. The first-order valence-electron chi connectivity index (χ1n) is 4.67. The maximum absolute atomic E-state index is 5.74. The number of nitrogens with two attached hydrogens (primary N) is 1. The minimum atomic E-state index is 0.309. The Balaban J connectivity index is 2.65. The molecule has 0 saturated carbocycles. The molecule has 0 radical (unpaired) electrons. The molecule has 6 heteroatoms. The Kier molecular flexibility index (Phi) is 3.30. The van der Waals surface area contributed by atoms with Crippen LogP contribution in [0.3, 0.4) is 0 Å². The number of nitrogens with zero attached hydrogens (tertiary/aromatic N) is 2. The fourth-order valence-corrected chi connectivity index (χ4v) is 1.95. The molecule has 1 aromatic heterocycles. The van der Waals surface area contributed by atoms with Gasteiger partial charge in [0.15, 0.2) is 5.82 Å². The topological polar surface area (TPSA) is 61.0 Å². The summed E-state index contributed by atoms with van der Waals surface area (Å²) in [5.41, 5.74) is 7.21. The van der Waals surface area contributed by atoms with E-state index in [0.717, 1.165) is 20.0 Å². The number of rotatable bonds is 2. The number of ether oxygens (including phenoxy) is 1. The fraction of sp³-hybridized carbons (Fsp3) is 0.200. The number of hydrogen-bond donors (Lipinski definition) is 1. The zero-order valence-corrected chi connectivity index (χ0v) is 11.7. The van der Waals surface area contributed by atoms with Crippen LogP contribution in [0.2, 0.25) is 0 Å². The SMILES string of the molecule is CCOc1nc2cc(Br)c(Br)cc2nc1N. The Morgan fingerprint density at radius 1 is 1.19 bits per heavy atom.